The van der Waals surface area contributed by atoms with Crippen LogP contribution in [-0.2, 0) is 15.6 Å². The largest absolute Gasteiger partial charge is 0.481 e. The topological polar surface area (TPSA) is 66.4 Å². The molecule has 1 aliphatic heterocycles. The Balaban J connectivity index is 2.17. The van der Waals surface area contributed by atoms with Gasteiger partial charge in [-0.15, -0.1) is 0 Å². The summed E-state index contributed by atoms with van der Waals surface area (Å²) in [4.78, 5) is 10.4. The van der Waals surface area contributed by atoms with E-state index in [4.69, 9.17) is 5.11 Å². The highest BCUT2D eigenvalue weighted by Gasteiger charge is 2.19. The average molecular weight is 233 g/mol. The fourth-order valence-corrected chi connectivity index (χ4v) is 3.09. The van der Waals surface area contributed by atoms with Gasteiger partial charge >= 0.3 is 5.97 Å². The summed E-state index contributed by atoms with van der Waals surface area (Å²) in [6.07, 6.45) is 2.77. The molecule has 0 aliphatic carbocycles. The maximum absolute atomic E-state index is 11.1. The highest BCUT2D eigenvalue weighted by molar-refractivity contribution is 7.85. The second-order valence-electron chi connectivity index (χ2n) is 4.12. The molecule has 1 rings (SSSR count). The number of aliphatic carboxylic acids is 1. The van der Waals surface area contributed by atoms with Crippen LogP contribution in [0.15, 0.2) is 0 Å². The van der Waals surface area contributed by atoms with Gasteiger partial charge in [0.25, 0.3) is 0 Å². The summed E-state index contributed by atoms with van der Waals surface area (Å²) in [5.41, 5.74) is 0. The third-order valence-corrected chi connectivity index (χ3v) is 4.08. The normalized spacial score (nSPS) is 28.6. The summed E-state index contributed by atoms with van der Waals surface area (Å²) in [5.74, 6) is 0.820. The van der Waals surface area contributed by atoms with E-state index in [1.165, 1.54) is 0 Å². The van der Waals surface area contributed by atoms with Crippen molar-refractivity contribution in [2.45, 2.75) is 44.7 Å². The molecule has 1 fully saturated rings. The Morgan fingerprint density at radius 1 is 1.53 bits per heavy atom. The van der Waals surface area contributed by atoms with Gasteiger partial charge in [-0.1, -0.05) is 0 Å². The Kier molecular flexibility index (Phi) is 5.25. The number of rotatable bonds is 5. The molecular formula is C10H19NO3S. The molecule has 0 spiro atoms. The van der Waals surface area contributed by atoms with E-state index in [0.717, 1.165) is 24.3 Å². The van der Waals surface area contributed by atoms with E-state index in [0.29, 0.717) is 12.5 Å². The Morgan fingerprint density at radius 3 is 2.67 bits per heavy atom. The SMILES string of the molecule is CC(CCC(=O)O)NC1CCS(=O)CC1. The lowest BCUT2D eigenvalue weighted by Crippen LogP contribution is -2.41. The predicted molar refractivity (Wildman–Crippen MR) is 60.4 cm³/mol. The number of carboxylic acid groups (broad SMARTS) is 1. The highest BCUT2D eigenvalue weighted by Crippen LogP contribution is 2.11. The molecule has 0 aromatic carbocycles. The summed E-state index contributed by atoms with van der Waals surface area (Å²) in [6.45, 7) is 2.01. The first-order valence-corrected chi connectivity index (χ1v) is 6.89. The van der Waals surface area contributed by atoms with E-state index in [2.05, 4.69) is 5.32 Å². The second kappa shape index (κ2) is 6.23. The lowest BCUT2D eigenvalue weighted by Gasteiger charge is -2.26. The first kappa shape index (κ1) is 12.6. The van der Waals surface area contributed by atoms with E-state index in [-0.39, 0.29) is 12.5 Å². The van der Waals surface area contributed by atoms with Crippen LogP contribution in [0.3, 0.4) is 0 Å². The van der Waals surface area contributed by atoms with Crippen LogP contribution in [0.25, 0.3) is 0 Å². The van der Waals surface area contributed by atoms with Gasteiger partial charge in [0.05, 0.1) is 0 Å². The van der Waals surface area contributed by atoms with Crippen molar-refractivity contribution in [3.8, 4) is 0 Å². The van der Waals surface area contributed by atoms with Gasteiger partial charge in [0.2, 0.25) is 0 Å². The smallest absolute Gasteiger partial charge is 0.303 e. The third-order valence-electron chi connectivity index (χ3n) is 2.70. The van der Waals surface area contributed by atoms with Crippen molar-refractivity contribution in [2.24, 2.45) is 0 Å². The third kappa shape index (κ3) is 5.28. The molecule has 1 heterocycles. The van der Waals surface area contributed by atoms with Gasteiger partial charge in [-0.2, -0.15) is 0 Å². The molecule has 0 aromatic heterocycles. The van der Waals surface area contributed by atoms with E-state index in [9.17, 15) is 9.00 Å². The summed E-state index contributed by atoms with van der Waals surface area (Å²) < 4.78 is 11.1. The van der Waals surface area contributed by atoms with Crippen LogP contribution in [-0.4, -0.2) is 38.9 Å². The quantitative estimate of drug-likeness (QED) is 0.735. The van der Waals surface area contributed by atoms with Crippen molar-refractivity contribution in [2.75, 3.05) is 11.5 Å². The van der Waals surface area contributed by atoms with Gasteiger partial charge in [-0.3, -0.25) is 9.00 Å². The Morgan fingerprint density at radius 2 is 2.13 bits per heavy atom. The number of hydrogen-bond acceptors (Lipinski definition) is 3. The molecule has 0 bridgehead atoms. The zero-order valence-electron chi connectivity index (χ0n) is 9.07. The molecule has 0 amide bonds. The van der Waals surface area contributed by atoms with Crippen LogP contribution in [0.5, 0.6) is 0 Å². The second-order valence-corrected chi connectivity index (χ2v) is 5.82. The molecule has 1 saturated heterocycles. The molecule has 0 aromatic rings. The van der Waals surface area contributed by atoms with Crippen LogP contribution < -0.4 is 5.32 Å². The van der Waals surface area contributed by atoms with Gasteiger partial charge in [0.1, 0.15) is 0 Å². The van der Waals surface area contributed by atoms with E-state index in [1.54, 1.807) is 0 Å². The van der Waals surface area contributed by atoms with Crippen LogP contribution in [0.1, 0.15) is 32.6 Å². The number of hydrogen-bond donors (Lipinski definition) is 2. The minimum atomic E-state index is -0.742. The van der Waals surface area contributed by atoms with Crippen molar-refractivity contribution in [3.63, 3.8) is 0 Å². The lowest BCUT2D eigenvalue weighted by atomic mass is 10.1. The molecule has 4 nitrogen and oxygen atoms in total. The maximum atomic E-state index is 11.1. The average Bonchev–Trinajstić information content (AvgIpc) is 2.19. The fraction of sp³-hybridized carbons (Fsp3) is 0.900. The summed E-state index contributed by atoms with van der Waals surface area (Å²) >= 11 is 0. The molecular weight excluding hydrogens is 214 g/mol. The first-order valence-electron chi connectivity index (χ1n) is 5.40. The molecule has 2 N–H and O–H groups in total. The Bertz CT molecular complexity index is 235. The minimum Gasteiger partial charge on any atom is -0.481 e. The Hall–Kier alpha value is -0.420. The van der Waals surface area contributed by atoms with Gasteiger partial charge in [0, 0.05) is 40.8 Å². The first-order chi connectivity index (χ1) is 7.08. The van der Waals surface area contributed by atoms with Crippen LogP contribution >= 0.6 is 0 Å². The fourth-order valence-electron chi connectivity index (χ4n) is 1.79. The zero-order chi connectivity index (χ0) is 11.3. The molecule has 88 valence electrons. The van der Waals surface area contributed by atoms with Gasteiger partial charge in [0.15, 0.2) is 0 Å². The van der Waals surface area contributed by atoms with Crippen molar-refractivity contribution in [1.82, 2.24) is 5.32 Å². The van der Waals surface area contributed by atoms with Crippen LogP contribution in [0, 0.1) is 0 Å². The Labute approximate surface area is 92.9 Å². The van der Waals surface area contributed by atoms with E-state index in [1.807, 2.05) is 6.92 Å². The number of nitrogens with one attached hydrogen (secondary N) is 1. The molecule has 1 aliphatic rings. The van der Waals surface area contributed by atoms with Gasteiger partial charge in [-0.25, -0.2) is 0 Å². The van der Waals surface area contributed by atoms with E-state index < -0.39 is 16.8 Å². The molecule has 5 heteroatoms. The van der Waals surface area contributed by atoms with Gasteiger partial charge < -0.3 is 10.4 Å². The number of carboxylic acids is 1. The van der Waals surface area contributed by atoms with Crippen molar-refractivity contribution in [3.05, 3.63) is 0 Å². The summed E-state index contributed by atoms with van der Waals surface area (Å²) in [5, 5.41) is 11.9. The highest BCUT2D eigenvalue weighted by atomic mass is 32.2. The van der Waals surface area contributed by atoms with E-state index >= 15 is 0 Å². The standard InChI is InChI=1S/C10H19NO3S/c1-8(2-3-10(12)13)11-9-4-6-15(14)7-5-9/h8-9,11H,2-7H2,1H3,(H,12,13). The van der Waals surface area contributed by atoms with Crippen molar-refractivity contribution < 1.29 is 14.1 Å². The summed E-state index contributed by atoms with van der Waals surface area (Å²) in [7, 11) is -0.621. The lowest BCUT2D eigenvalue weighted by molar-refractivity contribution is -0.137. The van der Waals surface area contributed by atoms with Crippen molar-refractivity contribution in [1.29, 1.82) is 0 Å². The van der Waals surface area contributed by atoms with Crippen LogP contribution in [0.2, 0.25) is 0 Å². The summed E-state index contributed by atoms with van der Waals surface area (Å²) in [6, 6.07) is 0.657. The number of carbonyl (C=O) groups is 1. The van der Waals surface area contributed by atoms with Crippen molar-refractivity contribution >= 4 is 16.8 Å². The predicted octanol–water partition coefficient (Wildman–Crippen LogP) is 0.740. The van der Waals surface area contributed by atoms with Crippen LogP contribution in [0.4, 0.5) is 0 Å². The molecule has 0 radical (unpaired) electrons. The maximum Gasteiger partial charge on any atom is 0.303 e. The molecule has 1 atom stereocenters. The minimum absolute atomic E-state index is 0.215. The monoisotopic (exact) mass is 233 g/mol. The molecule has 15 heavy (non-hydrogen) atoms. The zero-order valence-corrected chi connectivity index (χ0v) is 9.89. The molecule has 0 saturated carbocycles. The molecule has 1 unspecified atom stereocenters. The van der Waals surface area contributed by atoms with Gasteiger partial charge in [-0.05, 0) is 26.2 Å².